The van der Waals surface area contributed by atoms with Crippen LogP contribution in [0.25, 0.3) is 6.08 Å². The fourth-order valence-corrected chi connectivity index (χ4v) is 3.51. The number of amides is 1. The first-order valence-electron chi connectivity index (χ1n) is 7.35. The summed E-state index contributed by atoms with van der Waals surface area (Å²) < 4.78 is 26.8. The number of aliphatic imine (C=N–C) groups is 1. The molecule has 0 atom stereocenters. The number of halogens is 2. The van der Waals surface area contributed by atoms with Crippen LogP contribution in [-0.2, 0) is 4.79 Å². The molecular formula is C16H16F2N2OS. The van der Waals surface area contributed by atoms with E-state index in [1.165, 1.54) is 24.3 Å². The van der Waals surface area contributed by atoms with Gasteiger partial charge in [-0.25, -0.2) is 8.78 Å². The smallest absolute Gasteiger partial charge is 0.264 e. The van der Waals surface area contributed by atoms with E-state index in [9.17, 15) is 13.6 Å². The van der Waals surface area contributed by atoms with E-state index >= 15 is 0 Å². The van der Waals surface area contributed by atoms with Crippen LogP contribution in [0, 0.1) is 11.6 Å². The third-order valence-electron chi connectivity index (χ3n) is 3.77. The summed E-state index contributed by atoms with van der Waals surface area (Å²) in [6.07, 6.45) is 7.01. The molecule has 0 radical (unpaired) electrons. The minimum absolute atomic E-state index is 0.0663. The van der Waals surface area contributed by atoms with Crippen LogP contribution in [0.2, 0.25) is 0 Å². The van der Waals surface area contributed by atoms with Crippen molar-refractivity contribution >= 4 is 28.9 Å². The maximum absolute atomic E-state index is 13.6. The van der Waals surface area contributed by atoms with Crippen molar-refractivity contribution < 1.29 is 13.6 Å². The minimum Gasteiger partial charge on any atom is -0.301 e. The van der Waals surface area contributed by atoms with Crippen LogP contribution in [0.1, 0.15) is 37.7 Å². The third-order valence-corrected chi connectivity index (χ3v) is 4.69. The molecule has 6 heteroatoms. The zero-order valence-corrected chi connectivity index (χ0v) is 12.8. The number of rotatable bonds is 2. The summed E-state index contributed by atoms with van der Waals surface area (Å²) in [5, 5.41) is 3.25. The number of nitrogens with zero attached hydrogens (tertiary/aromatic N) is 1. The molecule has 0 bridgehead atoms. The van der Waals surface area contributed by atoms with E-state index in [1.54, 1.807) is 0 Å². The molecular weight excluding hydrogens is 306 g/mol. The van der Waals surface area contributed by atoms with Crippen LogP contribution in [0.4, 0.5) is 8.78 Å². The highest BCUT2D eigenvalue weighted by Crippen LogP contribution is 2.29. The van der Waals surface area contributed by atoms with E-state index in [2.05, 4.69) is 10.3 Å². The van der Waals surface area contributed by atoms with Crippen LogP contribution < -0.4 is 5.32 Å². The van der Waals surface area contributed by atoms with E-state index in [0.717, 1.165) is 43.9 Å². The number of benzene rings is 1. The van der Waals surface area contributed by atoms with Gasteiger partial charge in [-0.3, -0.25) is 9.79 Å². The van der Waals surface area contributed by atoms with Crippen LogP contribution in [0.5, 0.6) is 0 Å². The second-order valence-corrected chi connectivity index (χ2v) is 6.49. The van der Waals surface area contributed by atoms with Crippen molar-refractivity contribution in [2.24, 2.45) is 4.99 Å². The molecule has 1 amide bonds. The molecule has 1 heterocycles. The predicted molar refractivity (Wildman–Crippen MR) is 84.4 cm³/mol. The van der Waals surface area contributed by atoms with Crippen LogP contribution >= 0.6 is 11.8 Å². The predicted octanol–water partition coefficient (Wildman–Crippen LogP) is 3.86. The number of carbonyl (C=O) groups excluding carboxylic acids is 1. The van der Waals surface area contributed by atoms with E-state index < -0.39 is 11.6 Å². The first kappa shape index (κ1) is 15.2. The van der Waals surface area contributed by atoms with Crippen molar-refractivity contribution in [2.75, 3.05) is 0 Å². The van der Waals surface area contributed by atoms with Gasteiger partial charge in [-0.1, -0.05) is 19.3 Å². The van der Waals surface area contributed by atoms with Crippen molar-refractivity contribution in [1.29, 1.82) is 0 Å². The molecule has 1 aromatic rings. The Balaban J connectivity index is 1.78. The summed E-state index contributed by atoms with van der Waals surface area (Å²) in [5.74, 6) is -1.41. The minimum atomic E-state index is -0.556. The van der Waals surface area contributed by atoms with Gasteiger partial charge in [0.25, 0.3) is 5.91 Å². The lowest BCUT2D eigenvalue weighted by Crippen LogP contribution is -2.22. The molecule has 0 unspecified atom stereocenters. The van der Waals surface area contributed by atoms with Crippen molar-refractivity contribution in [3.8, 4) is 0 Å². The molecule has 1 saturated carbocycles. The second kappa shape index (κ2) is 6.60. The first-order valence-corrected chi connectivity index (χ1v) is 8.17. The third kappa shape index (κ3) is 3.55. The monoisotopic (exact) mass is 322 g/mol. The Morgan fingerprint density at radius 1 is 1.23 bits per heavy atom. The van der Waals surface area contributed by atoms with Gasteiger partial charge in [-0.15, -0.1) is 0 Å². The average molecular weight is 322 g/mol. The number of nitrogens with one attached hydrogen (secondary N) is 1. The fourth-order valence-electron chi connectivity index (χ4n) is 2.63. The highest BCUT2D eigenvalue weighted by atomic mass is 32.2. The Morgan fingerprint density at radius 2 is 2.00 bits per heavy atom. The molecule has 1 aliphatic heterocycles. The van der Waals surface area contributed by atoms with Gasteiger partial charge >= 0.3 is 0 Å². The van der Waals surface area contributed by atoms with Gasteiger partial charge in [0.05, 0.1) is 10.9 Å². The van der Waals surface area contributed by atoms with E-state index in [0.29, 0.717) is 10.1 Å². The zero-order valence-electron chi connectivity index (χ0n) is 11.9. The molecule has 3 nitrogen and oxygen atoms in total. The molecule has 2 aliphatic rings. The largest absolute Gasteiger partial charge is 0.301 e. The van der Waals surface area contributed by atoms with Gasteiger partial charge in [0.15, 0.2) is 5.17 Å². The van der Waals surface area contributed by atoms with E-state index in [4.69, 9.17) is 0 Å². The quantitative estimate of drug-likeness (QED) is 0.840. The molecule has 0 aromatic heterocycles. The number of hydrogen-bond donors (Lipinski definition) is 1. The van der Waals surface area contributed by atoms with Gasteiger partial charge < -0.3 is 5.32 Å². The molecule has 0 spiro atoms. The maximum Gasteiger partial charge on any atom is 0.264 e. The molecule has 22 heavy (non-hydrogen) atoms. The van der Waals surface area contributed by atoms with Crippen LogP contribution in [0.15, 0.2) is 28.1 Å². The van der Waals surface area contributed by atoms with E-state index in [-0.39, 0.29) is 17.5 Å². The normalized spacial score (nSPS) is 23.3. The highest BCUT2D eigenvalue weighted by Gasteiger charge is 2.25. The number of thioether (sulfide) groups is 1. The maximum atomic E-state index is 13.6. The Bertz CT molecular complexity index is 652. The summed E-state index contributed by atoms with van der Waals surface area (Å²) in [6.45, 7) is 0. The van der Waals surface area contributed by atoms with Gasteiger partial charge in [0.2, 0.25) is 0 Å². The summed E-state index contributed by atoms with van der Waals surface area (Å²) in [6, 6.07) is 3.43. The first-order chi connectivity index (χ1) is 10.6. The van der Waals surface area contributed by atoms with Crippen molar-refractivity contribution in [3.05, 3.63) is 40.3 Å². The summed E-state index contributed by atoms with van der Waals surface area (Å²) in [7, 11) is 0. The summed E-state index contributed by atoms with van der Waals surface area (Å²) >= 11 is 1.18. The Hall–Kier alpha value is -1.69. The molecule has 116 valence electrons. The Labute approximate surface area is 131 Å². The molecule has 2 fully saturated rings. The van der Waals surface area contributed by atoms with Crippen molar-refractivity contribution in [3.63, 3.8) is 0 Å². The lowest BCUT2D eigenvalue weighted by Gasteiger charge is -2.17. The lowest BCUT2D eigenvalue weighted by atomic mass is 9.96. The zero-order chi connectivity index (χ0) is 15.5. The Morgan fingerprint density at radius 3 is 2.77 bits per heavy atom. The van der Waals surface area contributed by atoms with Gasteiger partial charge in [-0.05, 0) is 48.9 Å². The summed E-state index contributed by atoms with van der Waals surface area (Å²) in [4.78, 5) is 16.8. The average Bonchev–Trinajstić information content (AvgIpc) is 2.84. The summed E-state index contributed by atoms with van der Waals surface area (Å²) in [5.41, 5.74) is 0.0663. The fraction of sp³-hybridized carbons (Fsp3) is 0.375. The topological polar surface area (TPSA) is 41.5 Å². The molecule has 1 aromatic carbocycles. The van der Waals surface area contributed by atoms with Crippen LogP contribution in [0.3, 0.4) is 0 Å². The molecule has 1 aliphatic carbocycles. The van der Waals surface area contributed by atoms with E-state index in [1.807, 2.05) is 0 Å². The van der Waals surface area contributed by atoms with Crippen molar-refractivity contribution in [1.82, 2.24) is 5.32 Å². The van der Waals surface area contributed by atoms with Gasteiger partial charge in [-0.2, -0.15) is 0 Å². The standard InChI is InChI=1S/C16H16F2N2OS/c17-11-6-7-13(18)10(8-11)9-14-15(21)20-16(22-14)19-12-4-2-1-3-5-12/h6-9,12H,1-5H2,(H,19,20,21)/b14-9-. The molecule has 1 N–H and O–H groups in total. The molecule has 3 rings (SSSR count). The van der Waals surface area contributed by atoms with Gasteiger partial charge in [0.1, 0.15) is 11.6 Å². The molecule has 1 saturated heterocycles. The second-order valence-electron chi connectivity index (χ2n) is 5.46. The SMILES string of the molecule is O=C1NC(=NC2CCCCC2)S/C1=C\c1cc(F)ccc1F. The number of carbonyl (C=O) groups is 1. The highest BCUT2D eigenvalue weighted by molar-refractivity contribution is 8.18. The van der Waals surface area contributed by atoms with Gasteiger partial charge in [0, 0.05) is 5.56 Å². The number of hydrogen-bond acceptors (Lipinski definition) is 3. The Kier molecular flexibility index (Phi) is 4.57. The number of amidine groups is 1. The van der Waals surface area contributed by atoms with Crippen LogP contribution in [-0.4, -0.2) is 17.1 Å². The lowest BCUT2D eigenvalue weighted by molar-refractivity contribution is -0.115. The van der Waals surface area contributed by atoms with Crippen molar-refractivity contribution in [2.45, 2.75) is 38.1 Å².